The summed E-state index contributed by atoms with van der Waals surface area (Å²) in [5, 5.41) is 20.0. The summed E-state index contributed by atoms with van der Waals surface area (Å²) in [6.45, 7) is 4.55. The highest BCUT2D eigenvalue weighted by Gasteiger charge is 2.27. The van der Waals surface area contributed by atoms with Gasteiger partial charge in [0.2, 0.25) is 0 Å². The lowest BCUT2D eigenvalue weighted by Gasteiger charge is -2.36. The summed E-state index contributed by atoms with van der Waals surface area (Å²) in [7, 11) is 0. The van der Waals surface area contributed by atoms with Crippen molar-refractivity contribution in [2.45, 2.75) is 38.8 Å². The summed E-state index contributed by atoms with van der Waals surface area (Å²) in [4.78, 5) is 23.8. The molecule has 3 atom stereocenters. The van der Waals surface area contributed by atoms with Crippen LogP contribution in [0.25, 0.3) is 0 Å². The molecular formula is C11H20N2O4. The van der Waals surface area contributed by atoms with Gasteiger partial charge in [-0.2, -0.15) is 0 Å². The van der Waals surface area contributed by atoms with Crippen molar-refractivity contribution in [3.05, 3.63) is 0 Å². The van der Waals surface area contributed by atoms with Crippen molar-refractivity contribution in [2.24, 2.45) is 5.92 Å². The van der Waals surface area contributed by atoms with E-state index in [-0.39, 0.29) is 18.6 Å². The molecule has 0 bridgehead atoms. The Labute approximate surface area is 101 Å². The highest BCUT2D eigenvalue weighted by atomic mass is 16.4. The van der Waals surface area contributed by atoms with Gasteiger partial charge in [0.15, 0.2) is 6.10 Å². The van der Waals surface area contributed by atoms with Crippen LogP contribution in [-0.4, -0.2) is 52.3 Å². The van der Waals surface area contributed by atoms with E-state index in [2.05, 4.69) is 12.2 Å². The van der Waals surface area contributed by atoms with E-state index in [0.717, 1.165) is 12.8 Å². The first-order valence-corrected chi connectivity index (χ1v) is 5.87. The highest BCUT2D eigenvalue weighted by Crippen LogP contribution is 2.21. The number of likely N-dealkylation sites (tertiary alicyclic amines) is 1. The van der Waals surface area contributed by atoms with Crippen LogP contribution >= 0.6 is 0 Å². The van der Waals surface area contributed by atoms with Crippen LogP contribution < -0.4 is 5.32 Å². The topological polar surface area (TPSA) is 89.9 Å². The number of aliphatic carboxylic acids is 1. The van der Waals surface area contributed by atoms with Gasteiger partial charge in [-0.3, -0.25) is 0 Å². The maximum absolute atomic E-state index is 11.8. The number of aliphatic hydroxyl groups excluding tert-OH is 1. The number of urea groups is 1. The number of hydrogen-bond acceptors (Lipinski definition) is 3. The first-order chi connectivity index (χ1) is 7.91. The Morgan fingerprint density at radius 2 is 2.12 bits per heavy atom. The average molecular weight is 244 g/mol. The van der Waals surface area contributed by atoms with E-state index in [0.29, 0.717) is 12.5 Å². The number of carbonyl (C=O) groups is 2. The number of carboxylic acids is 1. The smallest absolute Gasteiger partial charge is 0.334 e. The highest BCUT2D eigenvalue weighted by molar-refractivity contribution is 5.77. The lowest BCUT2D eigenvalue weighted by molar-refractivity contribution is -0.146. The Morgan fingerprint density at radius 1 is 1.47 bits per heavy atom. The molecule has 6 heteroatoms. The largest absolute Gasteiger partial charge is 0.479 e. The Bertz CT molecular complexity index is 295. The average Bonchev–Trinajstić information content (AvgIpc) is 2.25. The fraction of sp³-hybridized carbons (Fsp3) is 0.818. The zero-order chi connectivity index (χ0) is 13.0. The number of piperidine rings is 1. The Morgan fingerprint density at radius 3 is 2.65 bits per heavy atom. The van der Waals surface area contributed by atoms with Crippen LogP contribution in [0.1, 0.15) is 26.7 Å². The van der Waals surface area contributed by atoms with E-state index in [4.69, 9.17) is 10.2 Å². The van der Waals surface area contributed by atoms with Gasteiger partial charge >= 0.3 is 12.0 Å². The minimum absolute atomic E-state index is 0.153. The molecule has 98 valence electrons. The van der Waals surface area contributed by atoms with E-state index < -0.39 is 12.1 Å². The summed E-state index contributed by atoms with van der Waals surface area (Å²) < 4.78 is 0. The van der Waals surface area contributed by atoms with Gasteiger partial charge in [-0.15, -0.1) is 0 Å². The predicted molar refractivity (Wildman–Crippen MR) is 61.6 cm³/mol. The molecule has 0 aromatic carbocycles. The van der Waals surface area contributed by atoms with E-state index >= 15 is 0 Å². The molecule has 0 aliphatic carbocycles. The minimum atomic E-state index is -1.54. The lowest BCUT2D eigenvalue weighted by Crippen LogP contribution is -2.50. The number of carboxylic acid groups (broad SMARTS) is 1. The number of rotatable bonds is 3. The lowest BCUT2D eigenvalue weighted by atomic mass is 9.94. The standard InChI is InChI=1S/C11H20N2O4/c1-7-3-4-13(8(2)5-7)11(17)12-6-9(14)10(15)16/h7-9,14H,3-6H2,1-2H3,(H,12,17)(H,15,16). The number of carbonyl (C=O) groups excluding carboxylic acids is 1. The molecule has 3 N–H and O–H groups in total. The van der Waals surface area contributed by atoms with Crippen molar-refractivity contribution in [1.29, 1.82) is 0 Å². The maximum Gasteiger partial charge on any atom is 0.334 e. The SMILES string of the molecule is CC1CCN(C(=O)NCC(O)C(=O)O)C(C)C1. The van der Waals surface area contributed by atoms with Gasteiger partial charge in [-0.25, -0.2) is 9.59 Å². The van der Waals surface area contributed by atoms with Crippen LogP contribution in [0.4, 0.5) is 4.79 Å². The summed E-state index contributed by atoms with van der Waals surface area (Å²) in [5.41, 5.74) is 0. The molecule has 0 spiro atoms. The monoisotopic (exact) mass is 244 g/mol. The van der Waals surface area contributed by atoms with Crippen LogP contribution in [0.3, 0.4) is 0 Å². The molecule has 2 amide bonds. The van der Waals surface area contributed by atoms with Gasteiger partial charge in [0.25, 0.3) is 0 Å². The van der Waals surface area contributed by atoms with Crippen molar-refractivity contribution >= 4 is 12.0 Å². The van der Waals surface area contributed by atoms with Crippen molar-refractivity contribution in [1.82, 2.24) is 10.2 Å². The fourth-order valence-electron chi connectivity index (χ4n) is 2.08. The third-order valence-corrected chi connectivity index (χ3v) is 3.13. The second-order valence-corrected chi connectivity index (χ2v) is 4.71. The molecule has 1 aliphatic rings. The van der Waals surface area contributed by atoms with Crippen LogP contribution in [0.15, 0.2) is 0 Å². The van der Waals surface area contributed by atoms with Crippen molar-refractivity contribution < 1.29 is 19.8 Å². The van der Waals surface area contributed by atoms with Gasteiger partial charge < -0.3 is 20.4 Å². The van der Waals surface area contributed by atoms with Gasteiger partial charge in [-0.1, -0.05) is 6.92 Å². The van der Waals surface area contributed by atoms with Crippen LogP contribution in [0, 0.1) is 5.92 Å². The maximum atomic E-state index is 11.8. The van der Waals surface area contributed by atoms with Gasteiger partial charge in [0, 0.05) is 12.6 Å². The molecule has 3 unspecified atom stereocenters. The first kappa shape index (κ1) is 13.8. The molecule has 0 saturated carbocycles. The molecule has 1 fully saturated rings. The number of amides is 2. The zero-order valence-electron chi connectivity index (χ0n) is 10.2. The zero-order valence-corrected chi connectivity index (χ0v) is 10.2. The molecular weight excluding hydrogens is 224 g/mol. The molecule has 0 radical (unpaired) electrons. The third kappa shape index (κ3) is 3.89. The predicted octanol–water partition coefficient (Wildman–Crippen LogP) is 0.262. The summed E-state index contributed by atoms with van der Waals surface area (Å²) in [6, 6.07) is -0.148. The van der Waals surface area contributed by atoms with E-state index in [1.807, 2.05) is 6.92 Å². The van der Waals surface area contributed by atoms with Gasteiger partial charge in [-0.05, 0) is 25.7 Å². The molecule has 1 rings (SSSR count). The Balaban J connectivity index is 2.40. The van der Waals surface area contributed by atoms with Crippen molar-refractivity contribution in [2.75, 3.05) is 13.1 Å². The Kier molecular flexibility index (Phi) is 4.74. The first-order valence-electron chi connectivity index (χ1n) is 5.87. The summed E-state index contributed by atoms with van der Waals surface area (Å²) in [5.74, 6) is -0.718. The summed E-state index contributed by atoms with van der Waals surface area (Å²) in [6.07, 6.45) is 0.367. The van der Waals surface area contributed by atoms with Gasteiger partial charge in [0.05, 0.1) is 6.54 Å². The van der Waals surface area contributed by atoms with Crippen LogP contribution in [-0.2, 0) is 4.79 Å². The van der Waals surface area contributed by atoms with Crippen molar-refractivity contribution in [3.63, 3.8) is 0 Å². The molecule has 6 nitrogen and oxygen atoms in total. The normalized spacial score (nSPS) is 26.4. The molecule has 1 aliphatic heterocycles. The quantitative estimate of drug-likeness (QED) is 0.664. The number of nitrogens with one attached hydrogen (secondary N) is 1. The van der Waals surface area contributed by atoms with Gasteiger partial charge in [0.1, 0.15) is 0 Å². The van der Waals surface area contributed by atoms with Crippen LogP contribution in [0.2, 0.25) is 0 Å². The van der Waals surface area contributed by atoms with E-state index in [9.17, 15) is 9.59 Å². The number of aliphatic hydroxyl groups is 1. The third-order valence-electron chi connectivity index (χ3n) is 3.13. The second kappa shape index (κ2) is 5.86. The molecule has 0 aromatic heterocycles. The fourth-order valence-corrected chi connectivity index (χ4v) is 2.08. The van der Waals surface area contributed by atoms with Crippen LogP contribution in [0.5, 0.6) is 0 Å². The van der Waals surface area contributed by atoms with E-state index in [1.165, 1.54) is 0 Å². The van der Waals surface area contributed by atoms with Crippen molar-refractivity contribution in [3.8, 4) is 0 Å². The summed E-state index contributed by atoms with van der Waals surface area (Å²) >= 11 is 0. The second-order valence-electron chi connectivity index (χ2n) is 4.71. The Hall–Kier alpha value is -1.30. The molecule has 17 heavy (non-hydrogen) atoms. The number of nitrogens with zero attached hydrogens (tertiary/aromatic N) is 1. The molecule has 1 heterocycles. The van der Waals surface area contributed by atoms with E-state index in [1.54, 1.807) is 4.90 Å². The minimum Gasteiger partial charge on any atom is -0.479 e. The molecule has 1 saturated heterocycles. The molecule has 0 aromatic rings. The number of hydrogen-bond donors (Lipinski definition) is 3.